The monoisotopic (exact) mass is 361 g/mol. The quantitative estimate of drug-likeness (QED) is 0.327. The molecule has 1 heterocycles. The average molecular weight is 361 g/mol. The number of rotatable bonds is 8. The van der Waals surface area contributed by atoms with Crippen molar-refractivity contribution in [3.63, 3.8) is 0 Å². The highest BCUT2D eigenvalue weighted by molar-refractivity contribution is 6.03. The van der Waals surface area contributed by atoms with Crippen LogP contribution in [0.25, 0.3) is 21.9 Å². The van der Waals surface area contributed by atoms with Crippen molar-refractivity contribution in [3.05, 3.63) is 60.4 Å². The van der Waals surface area contributed by atoms with Crippen LogP contribution >= 0.6 is 0 Å². The molecule has 3 rings (SSSR count). The summed E-state index contributed by atoms with van der Waals surface area (Å²) in [6.45, 7) is 5.43. The van der Waals surface area contributed by atoms with E-state index in [-0.39, 0.29) is 11.6 Å². The molecule has 0 fully saturated rings. The molecular formula is C23H27N3O. The molecule has 0 unspecified atom stereocenters. The summed E-state index contributed by atoms with van der Waals surface area (Å²) in [5, 5.41) is 9.48. The Hall–Kier alpha value is -2.88. The molecule has 0 saturated heterocycles. The van der Waals surface area contributed by atoms with Gasteiger partial charge in [-0.15, -0.1) is 0 Å². The van der Waals surface area contributed by atoms with Crippen LogP contribution in [0.5, 0.6) is 0 Å². The zero-order chi connectivity index (χ0) is 19.4. The number of Topliss-reactive ketones (excluding diaryl/α,β-unsaturated/α-hetero) is 1. The molecule has 0 amide bonds. The first kappa shape index (κ1) is 18.9. The van der Waals surface area contributed by atoms with E-state index >= 15 is 0 Å². The van der Waals surface area contributed by atoms with Crippen molar-refractivity contribution >= 4 is 22.4 Å². The summed E-state index contributed by atoms with van der Waals surface area (Å²) >= 11 is 0. The number of carbonyl (C=O) groups excluding carboxylic acids is 1. The molecular weight excluding hydrogens is 334 g/mol. The van der Waals surface area contributed by atoms with Gasteiger partial charge in [0.15, 0.2) is 5.78 Å². The van der Waals surface area contributed by atoms with Gasteiger partial charge in [0.1, 0.15) is 0 Å². The van der Waals surface area contributed by atoms with Crippen molar-refractivity contribution in [3.8, 4) is 11.1 Å². The molecule has 3 N–H and O–H groups in total. The number of benzene rings is 2. The van der Waals surface area contributed by atoms with Gasteiger partial charge in [0, 0.05) is 37.3 Å². The topological polar surface area (TPSA) is 71.9 Å². The van der Waals surface area contributed by atoms with Gasteiger partial charge in [0.05, 0.1) is 5.84 Å². The number of aromatic nitrogens is 1. The normalized spacial score (nSPS) is 11.2. The van der Waals surface area contributed by atoms with E-state index in [0.717, 1.165) is 22.9 Å². The standard InChI is InChI=1S/C23H27N3O/c1-16(2)14-26-12-11-19(15-26)20-6-3-5-17-13-18(9-10-21(17)20)22(27)7-4-8-23(24)25/h3,5-6,9-13,15-16H,4,7-8,14H2,1-2H3,(H3,24,25). The minimum Gasteiger partial charge on any atom is -0.388 e. The Morgan fingerprint density at radius 2 is 1.96 bits per heavy atom. The van der Waals surface area contributed by atoms with Crippen LogP contribution in [0, 0.1) is 11.3 Å². The van der Waals surface area contributed by atoms with Gasteiger partial charge >= 0.3 is 0 Å². The molecule has 1 aromatic heterocycles. The minimum atomic E-state index is 0.103. The van der Waals surface area contributed by atoms with Gasteiger partial charge in [-0.2, -0.15) is 0 Å². The second-order valence-corrected chi connectivity index (χ2v) is 7.53. The van der Waals surface area contributed by atoms with E-state index in [1.54, 1.807) is 0 Å². The third kappa shape index (κ3) is 4.64. The zero-order valence-electron chi connectivity index (χ0n) is 16.0. The van der Waals surface area contributed by atoms with Crippen molar-refractivity contribution in [2.24, 2.45) is 11.7 Å². The van der Waals surface area contributed by atoms with Crippen molar-refractivity contribution < 1.29 is 4.79 Å². The Morgan fingerprint density at radius 3 is 2.70 bits per heavy atom. The Kier molecular flexibility index (Phi) is 5.75. The fourth-order valence-electron chi connectivity index (χ4n) is 3.43. The van der Waals surface area contributed by atoms with Gasteiger partial charge in [-0.1, -0.05) is 44.2 Å². The second kappa shape index (κ2) is 8.21. The van der Waals surface area contributed by atoms with E-state index in [1.165, 1.54) is 11.1 Å². The van der Waals surface area contributed by atoms with E-state index < -0.39 is 0 Å². The lowest BCUT2D eigenvalue weighted by Crippen LogP contribution is -2.10. The molecule has 0 radical (unpaired) electrons. The molecule has 4 heteroatoms. The number of nitrogens with zero attached hydrogens (tertiary/aromatic N) is 1. The molecule has 2 aromatic carbocycles. The molecule has 0 bridgehead atoms. The first-order valence-electron chi connectivity index (χ1n) is 9.49. The van der Waals surface area contributed by atoms with Crippen molar-refractivity contribution in [1.82, 2.24) is 4.57 Å². The number of hydrogen-bond acceptors (Lipinski definition) is 2. The Balaban J connectivity index is 1.86. The summed E-state index contributed by atoms with van der Waals surface area (Å²) in [6.07, 6.45) is 5.83. The zero-order valence-corrected chi connectivity index (χ0v) is 16.0. The molecule has 0 saturated carbocycles. The summed E-state index contributed by atoms with van der Waals surface area (Å²) in [5.41, 5.74) is 8.47. The van der Waals surface area contributed by atoms with Gasteiger partial charge in [0.25, 0.3) is 0 Å². The Labute approximate surface area is 160 Å². The van der Waals surface area contributed by atoms with E-state index in [1.807, 2.05) is 24.3 Å². The molecule has 140 valence electrons. The maximum Gasteiger partial charge on any atom is 0.162 e. The van der Waals surface area contributed by atoms with Crippen LogP contribution < -0.4 is 5.73 Å². The summed E-state index contributed by atoms with van der Waals surface area (Å²) < 4.78 is 2.23. The first-order valence-corrected chi connectivity index (χ1v) is 9.49. The smallest absolute Gasteiger partial charge is 0.162 e. The maximum absolute atomic E-state index is 12.4. The van der Waals surface area contributed by atoms with E-state index in [2.05, 4.69) is 49.0 Å². The molecule has 4 nitrogen and oxygen atoms in total. The molecule has 0 atom stereocenters. The largest absolute Gasteiger partial charge is 0.388 e. The molecule has 3 aromatic rings. The summed E-state index contributed by atoms with van der Waals surface area (Å²) in [6, 6.07) is 14.3. The van der Waals surface area contributed by atoms with Crippen molar-refractivity contribution in [2.75, 3.05) is 0 Å². The lowest BCUT2D eigenvalue weighted by molar-refractivity contribution is 0.0981. The van der Waals surface area contributed by atoms with Gasteiger partial charge in [-0.25, -0.2) is 0 Å². The number of carbonyl (C=O) groups is 1. The molecule has 0 aliphatic carbocycles. The minimum absolute atomic E-state index is 0.103. The highest BCUT2D eigenvalue weighted by atomic mass is 16.1. The Morgan fingerprint density at radius 1 is 1.15 bits per heavy atom. The van der Waals surface area contributed by atoms with Crippen LogP contribution in [0.3, 0.4) is 0 Å². The number of amidine groups is 1. The predicted octanol–water partition coefficient (Wildman–Crippen LogP) is 5.25. The lowest BCUT2D eigenvalue weighted by atomic mass is 9.96. The molecule has 0 aliphatic heterocycles. The Bertz CT molecular complexity index is 969. The van der Waals surface area contributed by atoms with Crippen LogP contribution in [0.2, 0.25) is 0 Å². The number of ketones is 1. The number of hydrogen-bond donors (Lipinski definition) is 2. The second-order valence-electron chi connectivity index (χ2n) is 7.53. The third-order valence-electron chi connectivity index (χ3n) is 4.69. The highest BCUT2D eigenvalue weighted by Gasteiger charge is 2.10. The SMILES string of the molecule is CC(C)Cn1ccc(-c2cccc3cc(C(=O)CCCC(=N)N)ccc23)c1. The molecule has 0 spiro atoms. The van der Waals surface area contributed by atoms with Gasteiger partial charge < -0.3 is 10.3 Å². The number of nitrogens with one attached hydrogen (secondary N) is 1. The van der Waals surface area contributed by atoms with Crippen molar-refractivity contribution in [2.45, 2.75) is 39.7 Å². The lowest BCUT2D eigenvalue weighted by Gasteiger charge is -2.08. The molecule has 0 aliphatic rings. The summed E-state index contributed by atoms with van der Waals surface area (Å²) in [7, 11) is 0. The summed E-state index contributed by atoms with van der Waals surface area (Å²) in [4.78, 5) is 12.4. The van der Waals surface area contributed by atoms with E-state index in [4.69, 9.17) is 11.1 Å². The van der Waals surface area contributed by atoms with Gasteiger partial charge in [-0.3, -0.25) is 10.2 Å². The molecule has 27 heavy (non-hydrogen) atoms. The van der Waals surface area contributed by atoms with Crippen LogP contribution in [0.1, 0.15) is 43.5 Å². The van der Waals surface area contributed by atoms with Crippen LogP contribution in [0.4, 0.5) is 0 Å². The highest BCUT2D eigenvalue weighted by Crippen LogP contribution is 2.30. The van der Waals surface area contributed by atoms with Crippen LogP contribution in [-0.4, -0.2) is 16.2 Å². The fraction of sp³-hybridized carbons (Fsp3) is 0.304. The first-order chi connectivity index (χ1) is 12.9. The van der Waals surface area contributed by atoms with Crippen LogP contribution in [0.15, 0.2) is 54.9 Å². The van der Waals surface area contributed by atoms with Crippen molar-refractivity contribution in [1.29, 1.82) is 5.41 Å². The third-order valence-corrected chi connectivity index (χ3v) is 4.69. The number of nitrogens with two attached hydrogens (primary N) is 1. The summed E-state index contributed by atoms with van der Waals surface area (Å²) in [5.74, 6) is 0.844. The average Bonchev–Trinajstić information content (AvgIpc) is 3.07. The van der Waals surface area contributed by atoms with Gasteiger partial charge in [-0.05, 0) is 46.4 Å². The fourth-order valence-corrected chi connectivity index (χ4v) is 3.43. The number of fused-ring (bicyclic) bond motifs is 1. The van der Waals surface area contributed by atoms with E-state index in [9.17, 15) is 4.79 Å². The maximum atomic E-state index is 12.4. The van der Waals surface area contributed by atoms with Crippen LogP contribution in [-0.2, 0) is 6.54 Å². The predicted molar refractivity (Wildman–Crippen MR) is 112 cm³/mol. The van der Waals surface area contributed by atoms with Gasteiger partial charge in [0.2, 0.25) is 0 Å². The van der Waals surface area contributed by atoms with E-state index in [0.29, 0.717) is 25.2 Å².